The molecule has 88 valence electrons. The van der Waals surface area contributed by atoms with Gasteiger partial charge in [0.2, 0.25) is 0 Å². The van der Waals surface area contributed by atoms with Gasteiger partial charge in [-0.1, -0.05) is 18.2 Å². The molecule has 0 bridgehead atoms. The maximum Gasteiger partial charge on any atom is 0.251 e. The first-order valence-electron chi connectivity index (χ1n) is 5.56. The zero-order valence-corrected chi connectivity index (χ0v) is 9.99. The molecule has 1 N–H and O–H groups in total. The second-order valence-corrected chi connectivity index (χ2v) is 3.99. The summed E-state index contributed by atoms with van der Waals surface area (Å²) in [7, 11) is 0. The fourth-order valence-corrected chi connectivity index (χ4v) is 1.73. The number of rotatable bonds is 3. The third kappa shape index (κ3) is 2.75. The van der Waals surface area contributed by atoms with Gasteiger partial charge in [-0.3, -0.25) is 4.79 Å². The first kappa shape index (κ1) is 11.5. The molecule has 0 saturated heterocycles. The van der Waals surface area contributed by atoms with E-state index in [2.05, 4.69) is 5.32 Å². The van der Waals surface area contributed by atoms with Crippen LogP contribution in [0, 0.1) is 13.8 Å². The highest BCUT2D eigenvalue weighted by Gasteiger charge is 2.07. The zero-order chi connectivity index (χ0) is 12.3. The molecule has 0 spiro atoms. The number of aryl methyl sites for hydroxylation is 2. The topological polar surface area (TPSA) is 42.2 Å². The highest BCUT2D eigenvalue weighted by atomic mass is 16.3. The molecule has 1 aromatic carbocycles. The molecular weight excluding hydrogens is 214 g/mol. The lowest BCUT2D eigenvalue weighted by Gasteiger charge is -2.03. The van der Waals surface area contributed by atoms with Crippen LogP contribution in [-0.2, 0) is 6.54 Å². The molecule has 1 aromatic heterocycles. The molecule has 2 rings (SSSR count). The van der Waals surface area contributed by atoms with Gasteiger partial charge in [0.25, 0.3) is 5.91 Å². The SMILES string of the molecule is Cc1cc(CNC(=O)c2ccccc2)c(C)o1. The van der Waals surface area contributed by atoms with Crippen LogP contribution in [0.1, 0.15) is 27.4 Å². The lowest BCUT2D eigenvalue weighted by Crippen LogP contribution is -2.22. The summed E-state index contributed by atoms with van der Waals surface area (Å²) >= 11 is 0. The highest BCUT2D eigenvalue weighted by Crippen LogP contribution is 2.13. The van der Waals surface area contributed by atoms with E-state index in [-0.39, 0.29) is 5.91 Å². The Morgan fingerprint density at radius 2 is 1.94 bits per heavy atom. The molecule has 0 saturated carbocycles. The number of carbonyl (C=O) groups excluding carboxylic acids is 1. The van der Waals surface area contributed by atoms with Crippen molar-refractivity contribution in [3.8, 4) is 0 Å². The molecule has 1 heterocycles. The second-order valence-electron chi connectivity index (χ2n) is 3.99. The molecule has 0 fully saturated rings. The van der Waals surface area contributed by atoms with E-state index in [9.17, 15) is 4.79 Å². The van der Waals surface area contributed by atoms with Crippen LogP contribution < -0.4 is 5.32 Å². The van der Waals surface area contributed by atoms with Gasteiger partial charge in [0, 0.05) is 17.7 Å². The fraction of sp³-hybridized carbons (Fsp3) is 0.214. The van der Waals surface area contributed by atoms with Crippen molar-refractivity contribution in [3.05, 3.63) is 59.0 Å². The lowest BCUT2D eigenvalue weighted by molar-refractivity contribution is 0.0951. The Balaban J connectivity index is 1.99. The number of hydrogen-bond donors (Lipinski definition) is 1. The molecule has 2 aromatic rings. The van der Waals surface area contributed by atoms with Crippen molar-refractivity contribution in [2.75, 3.05) is 0 Å². The zero-order valence-electron chi connectivity index (χ0n) is 9.99. The van der Waals surface area contributed by atoms with Crippen molar-refractivity contribution in [1.29, 1.82) is 0 Å². The Morgan fingerprint density at radius 3 is 2.53 bits per heavy atom. The first-order valence-corrected chi connectivity index (χ1v) is 5.56. The summed E-state index contributed by atoms with van der Waals surface area (Å²) < 4.78 is 5.40. The number of furan rings is 1. The van der Waals surface area contributed by atoms with Crippen LogP contribution in [0.15, 0.2) is 40.8 Å². The number of hydrogen-bond acceptors (Lipinski definition) is 2. The molecule has 1 amide bonds. The number of nitrogens with one attached hydrogen (secondary N) is 1. The summed E-state index contributed by atoms with van der Waals surface area (Å²) in [5.41, 5.74) is 1.69. The van der Waals surface area contributed by atoms with Crippen LogP contribution in [0.5, 0.6) is 0 Å². The van der Waals surface area contributed by atoms with E-state index in [0.29, 0.717) is 12.1 Å². The summed E-state index contributed by atoms with van der Waals surface area (Å²) in [5, 5.41) is 2.87. The molecule has 0 aliphatic carbocycles. The Labute approximate surface area is 100 Å². The van der Waals surface area contributed by atoms with Crippen LogP contribution in [0.3, 0.4) is 0 Å². The molecule has 0 radical (unpaired) electrons. The largest absolute Gasteiger partial charge is 0.466 e. The lowest BCUT2D eigenvalue weighted by atomic mass is 10.2. The summed E-state index contributed by atoms with van der Waals surface area (Å²) in [6.07, 6.45) is 0. The smallest absolute Gasteiger partial charge is 0.251 e. The minimum atomic E-state index is -0.0659. The Kier molecular flexibility index (Phi) is 3.28. The van der Waals surface area contributed by atoms with Gasteiger partial charge in [0.15, 0.2) is 0 Å². The number of carbonyl (C=O) groups is 1. The van der Waals surface area contributed by atoms with Gasteiger partial charge >= 0.3 is 0 Å². The Morgan fingerprint density at radius 1 is 1.24 bits per heavy atom. The van der Waals surface area contributed by atoms with Crippen molar-refractivity contribution in [3.63, 3.8) is 0 Å². The van der Waals surface area contributed by atoms with Crippen LogP contribution >= 0.6 is 0 Å². The minimum Gasteiger partial charge on any atom is -0.466 e. The van der Waals surface area contributed by atoms with Gasteiger partial charge in [-0.2, -0.15) is 0 Å². The Hall–Kier alpha value is -2.03. The van der Waals surface area contributed by atoms with Gasteiger partial charge in [-0.25, -0.2) is 0 Å². The van der Waals surface area contributed by atoms with E-state index in [4.69, 9.17) is 4.42 Å². The average molecular weight is 229 g/mol. The summed E-state index contributed by atoms with van der Waals surface area (Å²) in [6.45, 7) is 4.30. The summed E-state index contributed by atoms with van der Waals surface area (Å²) in [4.78, 5) is 11.8. The van der Waals surface area contributed by atoms with Crippen molar-refractivity contribution < 1.29 is 9.21 Å². The van der Waals surface area contributed by atoms with E-state index in [1.807, 2.05) is 38.1 Å². The highest BCUT2D eigenvalue weighted by molar-refractivity contribution is 5.94. The Bertz CT molecular complexity index is 514. The third-order valence-corrected chi connectivity index (χ3v) is 2.62. The monoisotopic (exact) mass is 229 g/mol. The van der Waals surface area contributed by atoms with Crippen LogP contribution in [0.25, 0.3) is 0 Å². The van der Waals surface area contributed by atoms with E-state index >= 15 is 0 Å². The van der Waals surface area contributed by atoms with E-state index in [0.717, 1.165) is 17.1 Å². The van der Waals surface area contributed by atoms with Crippen molar-refractivity contribution >= 4 is 5.91 Å². The molecular formula is C14H15NO2. The normalized spacial score (nSPS) is 10.2. The predicted molar refractivity (Wildman–Crippen MR) is 65.8 cm³/mol. The quantitative estimate of drug-likeness (QED) is 0.879. The van der Waals surface area contributed by atoms with Crippen LogP contribution in [0.4, 0.5) is 0 Å². The van der Waals surface area contributed by atoms with Crippen molar-refractivity contribution in [1.82, 2.24) is 5.32 Å². The van der Waals surface area contributed by atoms with E-state index < -0.39 is 0 Å². The minimum absolute atomic E-state index is 0.0659. The second kappa shape index (κ2) is 4.87. The van der Waals surface area contributed by atoms with Gasteiger partial charge < -0.3 is 9.73 Å². The maximum absolute atomic E-state index is 11.8. The molecule has 17 heavy (non-hydrogen) atoms. The standard InChI is InChI=1S/C14H15NO2/c1-10-8-13(11(2)17-10)9-15-14(16)12-6-4-3-5-7-12/h3-8H,9H2,1-2H3,(H,15,16). The average Bonchev–Trinajstić information content (AvgIpc) is 2.66. The molecule has 3 heteroatoms. The van der Waals surface area contributed by atoms with Crippen molar-refractivity contribution in [2.24, 2.45) is 0 Å². The van der Waals surface area contributed by atoms with Gasteiger partial charge in [0.1, 0.15) is 11.5 Å². The molecule has 0 aliphatic heterocycles. The summed E-state index contributed by atoms with van der Waals surface area (Å²) in [6, 6.07) is 11.1. The number of amides is 1. The molecule has 3 nitrogen and oxygen atoms in total. The molecule has 0 aliphatic rings. The van der Waals surface area contributed by atoms with Gasteiger partial charge in [-0.15, -0.1) is 0 Å². The number of benzene rings is 1. The molecule has 0 atom stereocenters. The van der Waals surface area contributed by atoms with Crippen molar-refractivity contribution in [2.45, 2.75) is 20.4 Å². The fourth-order valence-electron chi connectivity index (χ4n) is 1.73. The van der Waals surface area contributed by atoms with Gasteiger partial charge in [0.05, 0.1) is 0 Å². The maximum atomic E-state index is 11.8. The van der Waals surface area contributed by atoms with Gasteiger partial charge in [-0.05, 0) is 32.0 Å². The first-order chi connectivity index (χ1) is 8.16. The van der Waals surface area contributed by atoms with E-state index in [1.54, 1.807) is 12.1 Å². The van der Waals surface area contributed by atoms with E-state index in [1.165, 1.54) is 0 Å². The van der Waals surface area contributed by atoms with Crippen LogP contribution in [-0.4, -0.2) is 5.91 Å². The molecule has 0 unspecified atom stereocenters. The van der Waals surface area contributed by atoms with Crippen LogP contribution in [0.2, 0.25) is 0 Å². The third-order valence-electron chi connectivity index (χ3n) is 2.62. The summed E-state index contributed by atoms with van der Waals surface area (Å²) in [5.74, 6) is 1.66. The predicted octanol–water partition coefficient (Wildman–Crippen LogP) is 2.83.